The molecule has 0 bridgehead atoms. The van der Waals surface area contributed by atoms with Crippen LogP contribution in [0.5, 0.6) is 0 Å². The lowest BCUT2D eigenvalue weighted by molar-refractivity contribution is 0.158. The third kappa shape index (κ3) is 4.05. The molecule has 1 fully saturated rings. The standard InChI is InChI=1S/C25H31N3/c1-4-19(3)28-15-12-21(13-16-28)20-6-8-22(9-7-20)27-24-11-14-26-25-17-18(2)5-10-23(24)25/h5-11,14,17,19,21H,4,12-13,15-16H2,1-3H3,(H,26,27). The van der Waals surface area contributed by atoms with Gasteiger partial charge < -0.3 is 10.2 Å². The molecule has 0 saturated carbocycles. The van der Waals surface area contributed by atoms with Crippen molar-refractivity contribution in [3.63, 3.8) is 0 Å². The molecule has 1 saturated heterocycles. The molecular weight excluding hydrogens is 342 g/mol. The molecule has 4 rings (SSSR count). The van der Waals surface area contributed by atoms with Crippen LogP contribution in [0.15, 0.2) is 54.7 Å². The van der Waals surface area contributed by atoms with Crippen LogP contribution in [0.3, 0.4) is 0 Å². The zero-order chi connectivity index (χ0) is 19.5. The molecule has 3 heteroatoms. The molecule has 1 atom stereocenters. The highest BCUT2D eigenvalue weighted by atomic mass is 15.2. The van der Waals surface area contributed by atoms with Crippen LogP contribution in [0.2, 0.25) is 0 Å². The van der Waals surface area contributed by atoms with Crippen molar-refractivity contribution in [2.45, 2.75) is 52.0 Å². The number of fused-ring (bicyclic) bond motifs is 1. The SMILES string of the molecule is CCC(C)N1CCC(c2ccc(Nc3ccnc4cc(C)ccc34)cc2)CC1. The lowest BCUT2D eigenvalue weighted by atomic mass is 9.88. The Balaban J connectivity index is 1.45. The zero-order valence-corrected chi connectivity index (χ0v) is 17.3. The van der Waals surface area contributed by atoms with E-state index in [-0.39, 0.29) is 0 Å². The average molecular weight is 374 g/mol. The topological polar surface area (TPSA) is 28.2 Å². The molecule has 1 aliphatic rings. The number of pyridine rings is 1. The quantitative estimate of drug-likeness (QED) is 0.572. The van der Waals surface area contributed by atoms with Gasteiger partial charge in [0.2, 0.25) is 0 Å². The Morgan fingerprint density at radius 2 is 1.82 bits per heavy atom. The monoisotopic (exact) mass is 373 g/mol. The van der Waals surface area contributed by atoms with E-state index in [1.165, 1.54) is 43.5 Å². The van der Waals surface area contributed by atoms with E-state index in [0.29, 0.717) is 12.0 Å². The Morgan fingerprint density at radius 3 is 2.54 bits per heavy atom. The summed E-state index contributed by atoms with van der Waals surface area (Å²) in [5.41, 5.74) is 5.99. The smallest absolute Gasteiger partial charge is 0.0725 e. The number of benzene rings is 2. The molecule has 0 aliphatic carbocycles. The number of aryl methyl sites for hydroxylation is 1. The number of anilines is 2. The summed E-state index contributed by atoms with van der Waals surface area (Å²) >= 11 is 0. The van der Waals surface area contributed by atoms with Crippen molar-refractivity contribution in [2.75, 3.05) is 18.4 Å². The number of nitrogens with one attached hydrogen (secondary N) is 1. The minimum absolute atomic E-state index is 0.694. The van der Waals surface area contributed by atoms with Gasteiger partial charge in [0.05, 0.1) is 5.52 Å². The lowest BCUT2D eigenvalue weighted by Crippen LogP contribution is -2.39. The first-order chi connectivity index (χ1) is 13.6. The van der Waals surface area contributed by atoms with Crippen LogP contribution in [0.4, 0.5) is 11.4 Å². The molecule has 3 aromatic rings. The maximum Gasteiger partial charge on any atom is 0.0725 e. The first-order valence-electron chi connectivity index (χ1n) is 10.6. The molecule has 0 radical (unpaired) electrons. The fourth-order valence-corrected chi connectivity index (χ4v) is 4.29. The minimum atomic E-state index is 0.694. The summed E-state index contributed by atoms with van der Waals surface area (Å²) < 4.78 is 0. The van der Waals surface area contributed by atoms with Gasteiger partial charge in [-0.15, -0.1) is 0 Å². The van der Waals surface area contributed by atoms with Crippen LogP contribution in [0, 0.1) is 6.92 Å². The van der Waals surface area contributed by atoms with Gasteiger partial charge in [0, 0.05) is 29.0 Å². The number of rotatable bonds is 5. The van der Waals surface area contributed by atoms with Crippen molar-refractivity contribution in [3.8, 4) is 0 Å². The number of hydrogen-bond donors (Lipinski definition) is 1. The molecule has 1 aromatic heterocycles. The highest BCUT2D eigenvalue weighted by Crippen LogP contribution is 2.31. The first kappa shape index (κ1) is 18.9. The van der Waals surface area contributed by atoms with Gasteiger partial charge in [0.25, 0.3) is 0 Å². The van der Waals surface area contributed by atoms with Crippen LogP contribution < -0.4 is 5.32 Å². The summed E-state index contributed by atoms with van der Waals surface area (Å²) in [4.78, 5) is 7.14. The minimum Gasteiger partial charge on any atom is -0.355 e. The second-order valence-electron chi connectivity index (χ2n) is 8.19. The molecule has 28 heavy (non-hydrogen) atoms. The Labute approximate surface area is 168 Å². The van der Waals surface area contributed by atoms with E-state index in [1.807, 2.05) is 6.20 Å². The van der Waals surface area contributed by atoms with E-state index in [1.54, 1.807) is 0 Å². The summed E-state index contributed by atoms with van der Waals surface area (Å²) in [6, 6.07) is 18.2. The Kier molecular flexibility index (Phi) is 5.63. The van der Waals surface area contributed by atoms with E-state index in [4.69, 9.17) is 0 Å². The molecular formula is C25H31N3. The third-order valence-corrected chi connectivity index (χ3v) is 6.30. The van der Waals surface area contributed by atoms with Crippen LogP contribution in [0.1, 0.15) is 50.2 Å². The van der Waals surface area contributed by atoms with Crippen molar-refractivity contribution < 1.29 is 0 Å². The van der Waals surface area contributed by atoms with Gasteiger partial charge in [0.15, 0.2) is 0 Å². The number of nitrogens with zero attached hydrogens (tertiary/aromatic N) is 2. The van der Waals surface area contributed by atoms with Crippen LogP contribution >= 0.6 is 0 Å². The number of aromatic nitrogens is 1. The maximum absolute atomic E-state index is 4.50. The molecule has 2 heterocycles. The van der Waals surface area contributed by atoms with Crippen molar-refractivity contribution >= 4 is 22.3 Å². The van der Waals surface area contributed by atoms with Gasteiger partial charge >= 0.3 is 0 Å². The molecule has 2 aromatic carbocycles. The number of hydrogen-bond acceptors (Lipinski definition) is 3. The molecule has 0 amide bonds. The summed E-state index contributed by atoms with van der Waals surface area (Å²) in [6.45, 7) is 9.19. The summed E-state index contributed by atoms with van der Waals surface area (Å²) in [5, 5.41) is 4.74. The predicted octanol–water partition coefficient (Wildman–Crippen LogP) is 6.26. The van der Waals surface area contributed by atoms with Gasteiger partial charge in [-0.2, -0.15) is 0 Å². The van der Waals surface area contributed by atoms with Crippen LogP contribution in [-0.2, 0) is 0 Å². The van der Waals surface area contributed by atoms with E-state index >= 15 is 0 Å². The van der Waals surface area contributed by atoms with Gasteiger partial charge in [-0.3, -0.25) is 4.98 Å². The van der Waals surface area contributed by atoms with E-state index in [0.717, 1.165) is 22.3 Å². The lowest BCUT2D eigenvalue weighted by Gasteiger charge is -2.36. The number of piperidine rings is 1. The van der Waals surface area contributed by atoms with E-state index in [2.05, 4.69) is 84.5 Å². The van der Waals surface area contributed by atoms with Gasteiger partial charge in [-0.25, -0.2) is 0 Å². The fourth-order valence-electron chi connectivity index (χ4n) is 4.29. The predicted molar refractivity (Wildman–Crippen MR) is 120 cm³/mol. The third-order valence-electron chi connectivity index (χ3n) is 6.30. The number of likely N-dealkylation sites (tertiary alicyclic amines) is 1. The highest BCUT2D eigenvalue weighted by Gasteiger charge is 2.22. The van der Waals surface area contributed by atoms with Crippen molar-refractivity contribution in [1.82, 2.24) is 9.88 Å². The van der Waals surface area contributed by atoms with E-state index < -0.39 is 0 Å². The maximum atomic E-state index is 4.50. The van der Waals surface area contributed by atoms with Gasteiger partial charge in [-0.05, 0) is 87.5 Å². The highest BCUT2D eigenvalue weighted by molar-refractivity contribution is 5.93. The summed E-state index contributed by atoms with van der Waals surface area (Å²) in [6.07, 6.45) is 5.66. The second kappa shape index (κ2) is 8.32. The first-order valence-corrected chi connectivity index (χ1v) is 10.6. The zero-order valence-electron chi connectivity index (χ0n) is 17.3. The van der Waals surface area contributed by atoms with Gasteiger partial charge in [-0.1, -0.05) is 31.2 Å². The summed E-state index contributed by atoms with van der Waals surface area (Å²) in [5.74, 6) is 0.694. The largest absolute Gasteiger partial charge is 0.355 e. The van der Waals surface area contributed by atoms with Crippen molar-refractivity contribution in [3.05, 3.63) is 65.9 Å². The Morgan fingerprint density at radius 1 is 1.07 bits per heavy atom. The average Bonchev–Trinajstić information content (AvgIpc) is 2.74. The molecule has 3 nitrogen and oxygen atoms in total. The Hall–Kier alpha value is -2.39. The van der Waals surface area contributed by atoms with Crippen LogP contribution in [0.25, 0.3) is 10.9 Å². The van der Waals surface area contributed by atoms with E-state index in [9.17, 15) is 0 Å². The fraction of sp³-hybridized carbons (Fsp3) is 0.400. The van der Waals surface area contributed by atoms with Crippen molar-refractivity contribution in [2.24, 2.45) is 0 Å². The normalized spacial score (nSPS) is 17.0. The molecule has 146 valence electrons. The van der Waals surface area contributed by atoms with Crippen molar-refractivity contribution in [1.29, 1.82) is 0 Å². The molecule has 1 unspecified atom stereocenters. The van der Waals surface area contributed by atoms with Crippen LogP contribution in [-0.4, -0.2) is 29.0 Å². The molecule has 1 aliphatic heterocycles. The second-order valence-corrected chi connectivity index (χ2v) is 8.19. The molecule has 1 N–H and O–H groups in total. The Bertz CT molecular complexity index is 924. The molecule has 0 spiro atoms. The summed E-state index contributed by atoms with van der Waals surface area (Å²) in [7, 11) is 0. The van der Waals surface area contributed by atoms with Gasteiger partial charge in [0.1, 0.15) is 0 Å².